The number of ether oxygens (including phenoxy) is 2. The van der Waals surface area contributed by atoms with Crippen LogP contribution >= 0.6 is 0 Å². The summed E-state index contributed by atoms with van der Waals surface area (Å²) in [5.41, 5.74) is 1.93. The zero-order valence-electron chi connectivity index (χ0n) is 17.6. The Balaban J connectivity index is 1.80. The Labute approximate surface area is 185 Å². The maximum Gasteiger partial charge on any atom is 0.408 e. The van der Waals surface area contributed by atoms with Gasteiger partial charge in [-0.3, -0.25) is 4.79 Å². The van der Waals surface area contributed by atoms with Gasteiger partial charge >= 0.3 is 12.1 Å². The van der Waals surface area contributed by atoms with Gasteiger partial charge < -0.3 is 20.1 Å². The second kappa shape index (κ2) is 12.7. The van der Waals surface area contributed by atoms with Crippen LogP contribution in [0.15, 0.2) is 48.5 Å². The summed E-state index contributed by atoms with van der Waals surface area (Å²) in [6.45, 7) is 1.42. The van der Waals surface area contributed by atoms with Crippen molar-refractivity contribution in [3.05, 3.63) is 65.5 Å². The molecule has 0 unspecified atom stereocenters. The molecule has 2 amide bonds. The van der Waals surface area contributed by atoms with Gasteiger partial charge in [0.05, 0.1) is 6.42 Å². The van der Waals surface area contributed by atoms with E-state index in [2.05, 4.69) is 10.6 Å². The van der Waals surface area contributed by atoms with Gasteiger partial charge in [-0.1, -0.05) is 37.6 Å². The number of hydrogen-bond donors (Lipinski definition) is 2. The Morgan fingerprint density at radius 3 is 2.31 bits per heavy atom. The van der Waals surface area contributed by atoms with Gasteiger partial charge in [0, 0.05) is 5.69 Å². The zero-order valence-corrected chi connectivity index (χ0v) is 17.6. The molecule has 0 aliphatic heterocycles. The van der Waals surface area contributed by atoms with E-state index in [1.807, 2.05) is 6.92 Å². The van der Waals surface area contributed by atoms with E-state index in [1.54, 1.807) is 42.5 Å². The van der Waals surface area contributed by atoms with Crippen LogP contribution in [0.1, 0.15) is 30.9 Å². The highest BCUT2D eigenvalue weighted by atomic mass is 19.1. The first-order valence-corrected chi connectivity index (χ1v) is 10.0. The van der Waals surface area contributed by atoms with Crippen LogP contribution in [0.5, 0.6) is 0 Å². The van der Waals surface area contributed by atoms with Crippen LogP contribution in [0.3, 0.4) is 0 Å². The topological polar surface area (TPSA) is 118 Å². The molecule has 2 aromatic carbocycles. The summed E-state index contributed by atoms with van der Waals surface area (Å²) >= 11 is 0. The van der Waals surface area contributed by atoms with Crippen LogP contribution in [0, 0.1) is 17.1 Å². The minimum Gasteiger partial charge on any atom is -0.449 e. The molecule has 0 saturated carbocycles. The maximum absolute atomic E-state index is 12.9. The normalized spacial score (nSPS) is 11.0. The lowest BCUT2D eigenvalue weighted by molar-refractivity contribution is -0.144. The van der Waals surface area contributed by atoms with E-state index in [0.29, 0.717) is 29.7 Å². The first-order valence-electron chi connectivity index (χ1n) is 10.0. The number of alkyl carbamates (subject to hydrolysis) is 1. The fraction of sp³-hybridized carbons (Fsp3) is 0.304. The van der Waals surface area contributed by atoms with Gasteiger partial charge in [0.15, 0.2) is 6.61 Å². The number of amides is 2. The number of nitrogens with one attached hydrogen (secondary N) is 2. The second-order valence-electron chi connectivity index (χ2n) is 6.88. The quantitative estimate of drug-likeness (QED) is 0.545. The van der Waals surface area contributed by atoms with Crippen LogP contribution in [0.2, 0.25) is 0 Å². The molecule has 0 heterocycles. The summed E-state index contributed by atoms with van der Waals surface area (Å²) in [6, 6.07) is 13.2. The molecule has 0 bridgehead atoms. The van der Waals surface area contributed by atoms with Gasteiger partial charge in [0.1, 0.15) is 24.5 Å². The number of nitrogens with zero attached hydrogens (tertiary/aromatic N) is 1. The first-order chi connectivity index (χ1) is 15.4. The molecular weight excluding hydrogens is 417 g/mol. The van der Waals surface area contributed by atoms with Gasteiger partial charge in [-0.05, 0) is 41.8 Å². The highest BCUT2D eigenvalue weighted by molar-refractivity contribution is 5.92. The predicted molar refractivity (Wildman–Crippen MR) is 114 cm³/mol. The Bertz CT molecular complexity index is 955. The third-order valence-corrected chi connectivity index (χ3v) is 4.32. The smallest absolute Gasteiger partial charge is 0.408 e. The van der Waals surface area contributed by atoms with E-state index in [1.165, 1.54) is 12.1 Å². The molecule has 0 aliphatic rings. The Hall–Kier alpha value is -3.93. The number of hydrogen-bond acceptors (Lipinski definition) is 6. The molecule has 0 saturated heterocycles. The molecule has 2 aromatic rings. The van der Waals surface area contributed by atoms with E-state index in [0.717, 1.165) is 0 Å². The van der Waals surface area contributed by atoms with Gasteiger partial charge in [0.25, 0.3) is 0 Å². The van der Waals surface area contributed by atoms with Gasteiger partial charge in [-0.25, -0.2) is 14.0 Å². The van der Waals surface area contributed by atoms with Crippen LogP contribution in [0.25, 0.3) is 0 Å². The highest BCUT2D eigenvalue weighted by Crippen LogP contribution is 2.12. The summed E-state index contributed by atoms with van der Waals surface area (Å²) in [6.07, 6.45) is 0.308. The van der Waals surface area contributed by atoms with Crippen molar-refractivity contribution in [1.29, 1.82) is 5.26 Å². The van der Waals surface area contributed by atoms with Gasteiger partial charge in [0.2, 0.25) is 5.91 Å². The molecule has 0 radical (unpaired) electrons. The predicted octanol–water partition coefficient (Wildman–Crippen LogP) is 3.47. The fourth-order valence-electron chi connectivity index (χ4n) is 2.75. The minimum absolute atomic E-state index is 0.0400. The number of benzene rings is 2. The molecule has 0 fully saturated rings. The molecule has 1 atom stereocenters. The highest BCUT2D eigenvalue weighted by Gasteiger charge is 2.22. The van der Waals surface area contributed by atoms with Crippen molar-refractivity contribution in [2.24, 2.45) is 0 Å². The molecular formula is C23H24FN3O5. The molecule has 0 spiro atoms. The lowest BCUT2D eigenvalue weighted by Crippen LogP contribution is -2.42. The van der Waals surface area contributed by atoms with Crippen molar-refractivity contribution in [3.63, 3.8) is 0 Å². The second-order valence-corrected chi connectivity index (χ2v) is 6.88. The number of esters is 1. The van der Waals surface area contributed by atoms with Crippen LogP contribution in [-0.4, -0.2) is 30.6 Å². The van der Waals surface area contributed by atoms with E-state index < -0.39 is 18.1 Å². The van der Waals surface area contributed by atoms with Crippen molar-refractivity contribution in [1.82, 2.24) is 5.32 Å². The van der Waals surface area contributed by atoms with Crippen LogP contribution < -0.4 is 10.6 Å². The molecule has 0 aliphatic carbocycles. The lowest BCUT2D eigenvalue weighted by atomic mass is 10.1. The fourth-order valence-corrected chi connectivity index (χ4v) is 2.75. The number of nitriles is 1. The van der Waals surface area contributed by atoms with Crippen molar-refractivity contribution in [2.45, 2.75) is 38.8 Å². The molecule has 32 heavy (non-hydrogen) atoms. The Morgan fingerprint density at radius 2 is 1.69 bits per heavy atom. The number of anilines is 1. The zero-order chi connectivity index (χ0) is 23.3. The molecule has 2 rings (SSSR count). The Morgan fingerprint density at radius 1 is 1.03 bits per heavy atom. The average Bonchev–Trinajstić information content (AvgIpc) is 2.78. The molecule has 9 heteroatoms. The summed E-state index contributed by atoms with van der Waals surface area (Å²) in [7, 11) is 0. The van der Waals surface area contributed by atoms with Crippen molar-refractivity contribution in [2.75, 3.05) is 11.9 Å². The SMILES string of the molecule is CCC[C@@H](NC(=O)OCc1ccc(NC(=O)Cc2ccc(F)cc2)cc1)C(=O)OCC#N. The molecule has 168 valence electrons. The molecule has 8 nitrogen and oxygen atoms in total. The summed E-state index contributed by atoms with van der Waals surface area (Å²) < 4.78 is 22.8. The number of carbonyl (C=O) groups excluding carboxylic acids is 3. The molecule has 0 aromatic heterocycles. The van der Waals surface area contributed by atoms with Crippen molar-refractivity contribution < 1.29 is 28.2 Å². The first kappa shape index (κ1) is 24.3. The number of rotatable bonds is 10. The van der Waals surface area contributed by atoms with E-state index >= 15 is 0 Å². The summed E-state index contributed by atoms with van der Waals surface area (Å²) in [5, 5.41) is 13.7. The van der Waals surface area contributed by atoms with E-state index in [-0.39, 0.29) is 31.4 Å². The third kappa shape index (κ3) is 8.44. The minimum atomic E-state index is -0.889. The number of carbonyl (C=O) groups is 3. The van der Waals surface area contributed by atoms with Crippen LogP contribution in [0.4, 0.5) is 14.9 Å². The van der Waals surface area contributed by atoms with Gasteiger partial charge in [-0.15, -0.1) is 0 Å². The average molecular weight is 441 g/mol. The summed E-state index contributed by atoms with van der Waals surface area (Å²) in [5.74, 6) is -1.29. The maximum atomic E-state index is 12.9. The number of halogens is 1. The van der Waals surface area contributed by atoms with E-state index in [9.17, 15) is 18.8 Å². The lowest BCUT2D eigenvalue weighted by Gasteiger charge is -2.16. The molecule has 2 N–H and O–H groups in total. The monoisotopic (exact) mass is 441 g/mol. The Kier molecular flexibility index (Phi) is 9.66. The van der Waals surface area contributed by atoms with Crippen molar-refractivity contribution >= 4 is 23.7 Å². The largest absolute Gasteiger partial charge is 0.449 e. The third-order valence-electron chi connectivity index (χ3n) is 4.32. The summed E-state index contributed by atoms with van der Waals surface area (Å²) in [4.78, 5) is 36.0. The van der Waals surface area contributed by atoms with Crippen LogP contribution in [-0.2, 0) is 32.1 Å². The van der Waals surface area contributed by atoms with Crippen molar-refractivity contribution in [3.8, 4) is 6.07 Å². The van der Waals surface area contributed by atoms with Gasteiger partial charge in [-0.2, -0.15) is 5.26 Å². The standard InChI is InChI=1S/C23H24FN3O5/c1-2-3-20(22(29)31-13-12-25)27-23(30)32-15-17-6-10-19(11-7-17)26-21(28)14-16-4-8-18(24)9-5-16/h4-11,20H,2-3,13-15H2,1H3,(H,26,28)(H,27,30)/t20-/m1/s1. The van der Waals surface area contributed by atoms with E-state index in [4.69, 9.17) is 14.7 Å².